The predicted molar refractivity (Wildman–Crippen MR) is 61.6 cm³/mol. The van der Waals surface area contributed by atoms with Gasteiger partial charge < -0.3 is 9.67 Å². The zero-order chi connectivity index (χ0) is 12.3. The van der Waals surface area contributed by atoms with Gasteiger partial charge in [-0.15, -0.1) is 10.2 Å². The second kappa shape index (κ2) is 5.00. The number of hydrogen-bond donors (Lipinski definition) is 2. The van der Waals surface area contributed by atoms with Crippen LogP contribution >= 0.6 is 11.8 Å². The lowest BCUT2D eigenvalue weighted by molar-refractivity contribution is -0.133. The van der Waals surface area contributed by atoms with E-state index < -0.39 is 5.97 Å². The first kappa shape index (κ1) is 11.6. The number of nitrogens with zero attached hydrogens (tertiary/aromatic N) is 4. The number of carboxylic acids is 1. The van der Waals surface area contributed by atoms with Crippen molar-refractivity contribution < 1.29 is 9.90 Å². The second-order valence-corrected chi connectivity index (χ2v) is 4.16. The van der Waals surface area contributed by atoms with Gasteiger partial charge in [-0.25, -0.2) is 0 Å². The van der Waals surface area contributed by atoms with Crippen molar-refractivity contribution in [2.45, 2.75) is 18.6 Å². The average molecular weight is 253 g/mol. The maximum atomic E-state index is 10.5. The monoisotopic (exact) mass is 253 g/mol. The fourth-order valence-corrected chi connectivity index (χ4v) is 2.12. The molecule has 0 unspecified atom stereocenters. The van der Waals surface area contributed by atoms with Crippen molar-refractivity contribution in [2.75, 3.05) is 5.75 Å². The molecule has 2 rings (SSSR count). The van der Waals surface area contributed by atoms with E-state index in [1.807, 2.05) is 11.5 Å². The normalized spacial score (nSPS) is 10.6. The fourth-order valence-electron chi connectivity index (χ4n) is 1.39. The number of carboxylic acid groups (broad SMARTS) is 1. The summed E-state index contributed by atoms with van der Waals surface area (Å²) in [7, 11) is 0. The van der Waals surface area contributed by atoms with E-state index in [-0.39, 0.29) is 5.75 Å². The highest BCUT2D eigenvalue weighted by molar-refractivity contribution is 7.99. The van der Waals surface area contributed by atoms with Gasteiger partial charge >= 0.3 is 5.97 Å². The van der Waals surface area contributed by atoms with Crippen molar-refractivity contribution in [1.82, 2.24) is 25.0 Å². The Morgan fingerprint density at radius 1 is 1.59 bits per heavy atom. The molecule has 8 heteroatoms. The number of nitrogens with one attached hydrogen (secondary N) is 1. The summed E-state index contributed by atoms with van der Waals surface area (Å²) in [5.74, 6) is -0.205. The van der Waals surface area contributed by atoms with E-state index in [1.165, 1.54) is 0 Å². The van der Waals surface area contributed by atoms with Crippen LogP contribution in [0.25, 0.3) is 11.4 Å². The third-order valence-electron chi connectivity index (χ3n) is 2.11. The van der Waals surface area contributed by atoms with Crippen LogP contribution < -0.4 is 0 Å². The summed E-state index contributed by atoms with van der Waals surface area (Å²) < 4.78 is 1.86. The largest absolute Gasteiger partial charge is 0.481 e. The highest BCUT2D eigenvalue weighted by atomic mass is 32.2. The minimum Gasteiger partial charge on any atom is -0.481 e. The van der Waals surface area contributed by atoms with E-state index in [1.54, 1.807) is 12.4 Å². The maximum absolute atomic E-state index is 10.5. The highest BCUT2D eigenvalue weighted by Crippen LogP contribution is 2.22. The number of aliphatic carboxylic acids is 1. The number of rotatable bonds is 5. The Morgan fingerprint density at radius 3 is 3.00 bits per heavy atom. The minimum absolute atomic E-state index is 0.0243. The molecule has 7 nitrogen and oxygen atoms in total. The molecule has 0 saturated carbocycles. The SMILES string of the molecule is CCn1c(SCC(=O)O)nnc1-c1cn[nH]c1. The van der Waals surface area contributed by atoms with Crippen LogP contribution in [0.5, 0.6) is 0 Å². The Morgan fingerprint density at radius 2 is 2.41 bits per heavy atom. The van der Waals surface area contributed by atoms with Gasteiger partial charge in [-0.05, 0) is 6.92 Å². The van der Waals surface area contributed by atoms with Crippen molar-refractivity contribution >= 4 is 17.7 Å². The Kier molecular flexibility index (Phi) is 3.43. The number of aromatic nitrogens is 5. The van der Waals surface area contributed by atoms with Crippen molar-refractivity contribution in [1.29, 1.82) is 0 Å². The van der Waals surface area contributed by atoms with Crippen LogP contribution in [0.1, 0.15) is 6.92 Å². The number of hydrogen-bond acceptors (Lipinski definition) is 5. The number of carbonyl (C=O) groups is 1. The molecule has 0 saturated heterocycles. The Labute approximate surface area is 101 Å². The first-order chi connectivity index (χ1) is 8.22. The molecule has 0 bridgehead atoms. The number of thioether (sulfide) groups is 1. The molecule has 90 valence electrons. The van der Waals surface area contributed by atoms with E-state index in [2.05, 4.69) is 20.4 Å². The molecule has 0 fully saturated rings. The van der Waals surface area contributed by atoms with Crippen LogP contribution in [0, 0.1) is 0 Å². The molecule has 17 heavy (non-hydrogen) atoms. The molecule has 0 aliphatic heterocycles. The molecule has 2 aromatic rings. The molecule has 0 aromatic carbocycles. The van der Waals surface area contributed by atoms with Gasteiger partial charge in [0.15, 0.2) is 11.0 Å². The lowest BCUT2D eigenvalue weighted by atomic mass is 10.3. The van der Waals surface area contributed by atoms with Gasteiger partial charge in [0, 0.05) is 12.7 Å². The molecule has 0 aliphatic carbocycles. The zero-order valence-electron chi connectivity index (χ0n) is 9.12. The maximum Gasteiger partial charge on any atom is 0.313 e. The van der Waals surface area contributed by atoms with Gasteiger partial charge in [-0.2, -0.15) is 5.10 Å². The third kappa shape index (κ3) is 2.47. The number of aromatic amines is 1. The summed E-state index contributed by atoms with van der Waals surface area (Å²) in [5, 5.41) is 23.8. The molecule has 0 spiro atoms. The molecule has 2 N–H and O–H groups in total. The standard InChI is InChI=1S/C9H11N5O2S/c1-2-14-8(6-3-10-11-4-6)12-13-9(14)17-5-7(15)16/h3-4H,2,5H2,1H3,(H,10,11)(H,15,16). The molecule has 0 radical (unpaired) electrons. The van der Waals surface area contributed by atoms with Gasteiger partial charge in [0.25, 0.3) is 0 Å². The van der Waals surface area contributed by atoms with Crippen LogP contribution in [0.15, 0.2) is 17.6 Å². The van der Waals surface area contributed by atoms with E-state index in [9.17, 15) is 4.79 Å². The predicted octanol–water partition coefficient (Wildman–Crippen LogP) is 0.865. The van der Waals surface area contributed by atoms with E-state index in [0.29, 0.717) is 17.5 Å². The number of H-pyrrole nitrogens is 1. The van der Waals surface area contributed by atoms with Gasteiger partial charge in [0.2, 0.25) is 0 Å². The topological polar surface area (TPSA) is 96.7 Å². The van der Waals surface area contributed by atoms with E-state index in [4.69, 9.17) is 5.11 Å². The first-order valence-corrected chi connectivity index (χ1v) is 5.98. The van der Waals surface area contributed by atoms with Crippen molar-refractivity contribution in [3.05, 3.63) is 12.4 Å². The van der Waals surface area contributed by atoms with Crippen LogP contribution in [-0.4, -0.2) is 41.8 Å². The average Bonchev–Trinajstić information content (AvgIpc) is 2.94. The zero-order valence-corrected chi connectivity index (χ0v) is 9.94. The summed E-state index contributed by atoms with van der Waals surface area (Å²) >= 11 is 1.16. The Hall–Kier alpha value is -1.83. The van der Waals surface area contributed by atoms with Crippen LogP contribution in [0.3, 0.4) is 0 Å². The van der Waals surface area contributed by atoms with Crippen LogP contribution in [0.2, 0.25) is 0 Å². The summed E-state index contributed by atoms with van der Waals surface area (Å²) in [4.78, 5) is 10.5. The minimum atomic E-state index is -0.870. The van der Waals surface area contributed by atoms with Crippen molar-refractivity contribution in [3.63, 3.8) is 0 Å². The molecule has 0 aliphatic rings. The van der Waals surface area contributed by atoms with Gasteiger partial charge in [0.1, 0.15) is 0 Å². The summed E-state index contributed by atoms with van der Waals surface area (Å²) in [6, 6.07) is 0. The van der Waals surface area contributed by atoms with Crippen molar-refractivity contribution in [2.24, 2.45) is 0 Å². The quantitative estimate of drug-likeness (QED) is 0.767. The third-order valence-corrected chi connectivity index (χ3v) is 3.07. The smallest absolute Gasteiger partial charge is 0.313 e. The highest BCUT2D eigenvalue weighted by Gasteiger charge is 2.14. The summed E-state index contributed by atoms with van der Waals surface area (Å²) in [5.41, 5.74) is 0.835. The van der Waals surface area contributed by atoms with Gasteiger partial charge in [-0.1, -0.05) is 11.8 Å². The molecular formula is C9H11N5O2S. The summed E-state index contributed by atoms with van der Waals surface area (Å²) in [6.07, 6.45) is 3.38. The molecule has 0 amide bonds. The second-order valence-electron chi connectivity index (χ2n) is 3.22. The molecule has 2 heterocycles. The first-order valence-electron chi connectivity index (χ1n) is 4.99. The lowest BCUT2D eigenvalue weighted by Crippen LogP contribution is -2.03. The lowest BCUT2D eigenvalue weighted by Gasteiger charge is -2.04. The Bertz CT molecular complexity index is 507. The Balaban J connectivity index is 2.27. The van der Waals surface area contributed by atoms with E-state index in [0.717, 1.165) is 17.3 Å². The van der Waals surface area contributed by atoms with Crippen molar-refractivity contribution in [3.8, 4) is 11.4 Å². The molecule has 2 aromatic heterocycles. The van der Waals surface area contributed by atoms with Gasteiger partial charge in [-0.3, -0.25) is 9.89 Å². The van der Waals surface area contributed by atoms with E-state index >= 15 is 0 Å². The van der Waals surface area contributed by atoms with Crippen LogP contribution in [-0.2, 0) is 11.3 Å². The van der Waals surface area contributed by atoms with Crippen LogP contribution in [0.4, 0.5) is 0 Å². The molecular weight excluding hydrogens is 242 g/mol. The van der Waals surface area contributed by atoms with Gasteiger partial charge in [0.05, 0.1) is 17.5 Å². The fraction of sp³-hybridized carbons (Fsp3) is 0.333. The molecule has 0 atom stereocenters. The summed E-state index contributed by atoms with van der Waals surface area (Å²) in [6.45, 7) is 2.63.